The molecule has 0 atom stereocenters. The van der Waals surface area contributed by atoms with Crippen molar-refractivity contribution in [1.29, 1.82) is 0 Å². The van der Waals surface area contributed by atoms with Gasteiger partial charge in [0.15, 0.2) is 0 Å². The van der Waals surface area contributed by atoms with Gasteiger partial charge in [0, 0.05) is 33.9 Å². The van der Waals surface area contributed by atoms with Crippen LogP contribution in [-0.4, -0.2) is 37.0 Å². The normalized spacial score (nSPS) is 12.1. The lowest BCUT2D eigenvalue weighted by Gasteiger charge is -2.28. The predicted molar refractivity (Wildman–Crippen MR) is 252 cm³/mol. The highest BCUT2D eigenvalue weighted by Gasteiger charge is 2.29. The molecule has 0 N–H and O–H groups in total. The fourth-order valence-electron chi connectivity index (χ4n) is 7.20. The van der Waals surface area contributed by atoms with Gasteiger partial charge in [0.1, 0.15) is 53.5 Å². The minimum absolute atomic E-state index is 0.232. The number of aryl methyl sites for hydroxylation is 1. The molecule has 0 bridgehead atoms. The molecule has 0 unspecified atom stereocenters. The van der Waals surface area contributed by atoms with Gasteiger partial charge in [0.25, 0.3) is 0 Å². The first-order valence-electron chi connectivity index (χ1n) is 21.6. The van der Waals surface area contributed by atoms with Crippen LogP contribution in [0, 0.1) is 6.92 Å². The van der Waals surface area contributed by atoms with Gasteiger partial charge < -0.3 is 28.4 Å². The highest BCUT2D eigenvalue weighted by molar-refractivity contribution is 5.54. The Labute approximate surface area is 382 Å². The maximum atomic E-state index is 6.63. The SMILES string of the molecule is COc1ccc(C(C)(C)c2ccc(Oc3cc(Oc4cc(C(C)(C)C)c(Oc5cc(Oc6ccc(Oc7cc(C)ncn7)cc6C(C)(C)C)ncn5)cc4C(C)(C)C)ncn3)cc2)cc1. The zero-order chi connectivity index (χ0) is 46.7. The summed E-state index contributed by atoms with van der Waals surface area (Å²) in [6, 6.07) is 31.1. The van der Waals surface area contributed by atoms with Gasteiger partial charge >= 0.3 is 0 Å². The van der Waals surface area contributed by atoms with Crippen LogP contribution in [0.3, 0.4) is 0 Å². The summed E-state index contributed by atoms with van der Waals surface area (Å²) in [5.41, 5.74) is 4.61. The van der Waals surface area contributed by atoms with Gasteiger partial charge in [-0.25, -0.2) is 29.9 Å². The van der Waals surface area contributed by atoms with Crippen LogP contribution >= 0.6 is 0 Å². The maximum Gasteiger partial charge on any atom is 0.226 e. The molecule has 0 spiro atoms. The summed E-state index contributed by atoms with van der Waals surface area (Å²) in [5, 5.41) is 0. The first kappa shape index (κ1) is 45.9. The molecule has 7 aromatic rings. The standard InChI is InChI=1S/C53H58N6O6/c1-33-24-45(55-30-54-33)62-38-22-23-42(39(25-38)50(2,3)4)63-47-29-49(59-32-57-47)65-44-27-40(51(5,6)7)43(26-41(44)52(8,9)10)64-48-28-46(56-31-58-48)61-37-20-16-35(17-21-37)53(11,12)34-14-18-36(60-13)19-15-34/h14-32H,1-13H3. The largest absolute Gasteiger partial charge is 0.497 e. The van der Waals surface area contributed by atoms with E-state index in [9.17, 15) is 0 Å². The number of benzene rings is 4. The maximum absolute atomic E-state index is 6.63. The topological polar surface area (TPSA) is 133 Å². The van der Waals surface area contributed by atoms with Gasteiger partial charge in [-0.2, -0.15) is 0 Å². The number of hydrogen-bond acceptors (Lipinski definition) is 12. The van der Waals surface area contributed by atoms with Crippen molar-refractivity contribution >= 4 is 0 Å². The van der Waals surface area contributed by atoms with E-state index < -0.39 is 0 Å². The van der Waals surface area contributed by atoms with Crippen molar-refractivity contribution in [3.8, 4) is 63.9 Å². The third-order valence-electron chi connectivity index (χ3n) is 10.9. The molecule has 0 amide bonds. The molecule has 3 aromatic heterocycles. The minimum atomic E-state index is -0.361. The van der Waals surface area contributed by atoms with Crippen molar-refractivity contribution in [2.24, 2.45) is 0 Å². The van der Waals surface area contributed by atoms with E-state index in [4.69, 9.17) is 28.4 Å². The second-order valence-corrected chi connectivity index (χ2v) is 19.5. The van der Waals surface area contributed by atoms with E-state index >= 15 is 0 Å². The fourth-order valence-corrected chi connectivity index (χ4v) is 7.20. The van der Waals surface area contributed by atoms with Gasteiger partial charge in [0.2, 0.25) is 29.4 Å². The Morgan fingerprint density at radius 1 is 0.354 bits per heavy atom. The van der Waals surface area contributed by atoms with E-state index in [0.29, 0.717) is 58.1 Å². The minimum Gasteiger partial charge on any atom is -0.497 e. The summed E-state index contributed by atoms with van der Waals surface area (Å²) < 4.78 is 37.3. The van der Waals surface area contributed by atoms with Crippen LogP contribution in [0.5, 0.6) is 63.9 Å². The number of aromatic nitrogens is 6. The molecule has 4 aromatic carbocycles. The van der Waals surface area contributed by atoms with Gasteiger partial charge in [-0.05, 0) is 88.9 Å². The summed E-state index contributed by atoms with van der Waals surface area (Å²) in [4.78, 5) is 26.2. The molecule has 7 rings (SSSR count). The summed E-state index contributed by atoms with van der Waals surface area (Å²) in [6.45, 7) is 25.4. The van der Waals surface area contributed by atoms with E-state index in [2.05, 4.69) is 130 Å². The zero-order valence-electron chi connectivity index (χ0n) is 39.6. The summed E-state index contributed by atoms with van der Waals surface area (Å²) in [6.07, 6.45) is 4.35. The molecule has 0 radical (unpaired) electrons. The van der Waals surface area contributed by atoms with Gasteiger partial charge in [-0.15, -0.1) is 0 Å². The van der Waals surface area contributed by atoms with E-state index in [1.54, 1.807) is 25.3 Å². The Hall–Kier alpha value is -7.08. The van der Waals surface area contributed by atoms with E-state index in [1.807, 2.05) is 61.5 Å². The molecular formula is C53H58N6O6. The van der Waals surface area contributed by atoms with Crippen LogP contribution in [-0.2, 0) is 21.7 Å². The smallest absolute Gasteiger partial charge is 0.226 e. The van der Waals surface area contributed by atoms with E-state index in [0.717, 1.165) is 33.7 Å². The van der Waals surface area contributed by atoms with Crippen LogP contribution in [0.15, 0.2) is 116 Å². The molecular weight excluding hydrogens is 817 g/mol. The first-order chi connectivity index (χ1) is 30.6. The van der Waals surface area contributed by atoms with Crippen LogP contribution in [0.25, 0.3) is 0 Å². The quantitative estimate of drug-likeness (QED) is 0.109. The van der Waals surface area contributed by atoms with Crippen LogP contribution in [0.4, 0.5) is 0 Å². The van der Waals surface area contributed by atoms with Gasteiger partial charge in [-0.1, -0.05) is 100 Å². The van der Waals surface area contributed by atoms with Crippen molar-refractivity contribution < 1.29 is 28.4 Å². The van der Waals surface area contributed by atoms with Crippen LogP contribution in [0.1, 0.15) is 110 Å². The molecule has 12 nitrogen and oxygen atoms in total. The molecule has 0 saturated carbocycles. The molecule has 65 heavy (non-hydrogen) atoms. The van der Waals surface area contributed by atoms with Gasteiger partial charge in [0.05, 0.1) is 19.2 Å². The fraction of sp³-hybridized carbons (Fsp3) is 0.321. The van der Waals surface area contributed by atoms with Crippen molar-refractivity contribution in [2.75, 3.05) is 7.11 Å². The third-order valence-corrected chi connectivity index (χ3v) is 10.9. The van der Waals surface area contributed by atoms with Crippen molar-refractivity contribution in [3.63, 3.8) is 0 Å². The molecule has 3 heterocycles. The molecule has 0 aliphatic heterocycles. The Kier molecular flexibility index (Phi) is 12.9. The Morgan fingerprint density at radius 2 is 0.723 bits per heavy atom. The monoisotopic (exact) mass is 874 g/mol. The molecule has 0 aliphatic carbocycles. The third kappa shape index (κ3) is 11.2. The van der Waals surface area contributed by atoms with Crippen LogP contribution < -0.4 is 28.4 Å². The molecule has 336 valence electrons. The van der Waals surface area contributed by atoms with Crippen molar-refractivity contribution in [2.45, 2.75) is 105 Å². The molecule has 12 heteroatoms. The number of methoxy groups -OCH3 is 1. The lowest BCUT2D eigenvalue weighted by molar-refractivity contribution is 0.402. The predicted octanol–water partition coefficient (Wildman–Crippen LogP) is 13.6. The highest BCUT2D eigenvalue weighted by Crippen LogP contribution is 2.45. The summed E-state index contributed by atoms with van der Waals surface area (Å²) in [7, 11) is 1.67. The molecule has 0 fully saturated rings. The number of hydrogen-bond donors (Lipinski definition) is 0. The van der Waals surface area contributed by atoms with Crippen molar-refractivity contribution in [3.05, 3.63) is 150 Å². The highest BCUT2D eigenvalue weighted by atomic mass is 16.5. The average molecular weight is 875 g/mol. The van der Waals surface area contributed by atoms with Crippen molar-refractivity contribution in [1.82, 2.24) is 29.9 Å². The van der Waals surface area contributed by atoms with E-state index in [1.165, 1.54) is 24.5 Å². The van der Waals surface area contributed by atoms with E-state index in [-0.39, 0.29) is 21.7 Å². The second kappa shape index (κ2) is 18.2. The first-order valence-corrected chi connectivity index (χ1v) is 21.6. The number of ether oxygens (including phenoxy) is 6. The number of nitrogens with zero attached hydrogens (tertiary/aromatic N) is 6. The van der Waals surface area contributed by atoms with Crippen LogP contribution in [0.2, 0.25) is 0 Å². The average Bonchev–Trinajstić information content (AvgIpc) is 3.24. The Bertz CT molecular complexity index is 2770. The number of rotatable bonds is 13. The Balaban J connectivity index is 1.12. The molecule has 0 aliphatic rings. The summed E-state index contributed by atoms with van der Waals surface area (Å²) in [5.74, 6) is 5.77. The second-order valence-electron chi connectivity index (χ2n) is 19.5. The summed E-state index contributed by atoms with van der Waals surface area (Å²) >= 11 is 0. The lowest BCUT2D eigenvalue weighted by atomic mass is 9.78. The zero-order valence-corrected chi connectivity index (χ0v) is 39.6. The Morgan fingerprint density at radius 3 is 1.17 bits per heavy atom. The van der Waals surface area contributed by atoms with Gasteiger partial charge in [-0.3, -0.25) is 0 Å². The molecule has 0 saturated heterocycles. The lowest BCUT2D eigenvalue weighted by Crippen LogP contribution is -2.18.